The highest BCUT2D eigenvalue weighted by Gasteiger charge is 2.31. The van der Waals surface area contributed by atoms with E-state index in [4.69, 9.17) is 9.15 Å². The van der Waals surface area contributed by atoms with E-state index in [9.17, 15) is 9.50 Å². The third kappa shape index (κ3) is 4.07. The molecule has 1 aromatic heterocycles. The molecule has 0 spiro atoms. The molecule has 5 nitrogen and oxygen atoms in total. The van der Waals surface area contributed by atoms with Gasteiger partial charge in [-0.3, -0.25) is 4.90 Å². The number of hydrogen-bond donors (Lipinski definition) is 1. The molecule has 0 unspecified atom stereocenters. The van der Waals surface area contributed by atoms with Crippen molar-refractivity contribution in [2.45, 2.75) is 45.8 Å². The smallest absolute Gasteiger partial charge is 0.229 e. The summed E-state index contributed by atoms with van der Waals surface area (Å²) >= 11 is 0. The number of likely N-dealkylation sites (tertiary alicyclic amines) is 1. The molecule has 2 heterocycles. The van der Waals surface area contributed by atoms with E-state index >= 15 is 0 Å². The molecule has 1 saturated heterocycles. The Hall–Kier alpha value is -1.92. The molecular weight excluding hydrogens is 335 g/mol. The number of hydrogen-bond acceptors (Lipinski definition) is 5. The van der Waals surface area contributed by atoms with E-state index in [2.05, 4.69) is 9.88 Å². The summed E-state index contributed by atoms with van der Waals surface area (Å²) < 4.78 is 25.1. The molecule has 1 atom stereocenters. The lowest BCUT2D eigenvalue weighted by atomic mass is 9.84. The number of piperidine rings is 1. The van der Waals surface area contributed by atoms with E-state index in [1.54, 1.807) is 19.2 Å². The predicted octanol–water partition coefficient (Wildman–Crippen LogP) is 3.78. The molecule has 1 N–H and O–H groups in total. The van der Waals surface area contributed by atoms with Gasteiger partial charge in [-0.25, -0.2) is 9.37 Å². The van der Waals surface area contributed by atoms with E-state index in [0.717, 1.165) is 31.6 Å². The van der Waals surface area contributed by atoms with Crippen molar-refractivity contribution in [1.82, 2.24) is 9.88 Å². The van der Waals surface area contributed by atoms with Gasteiger partial charge in [-0.2, -0.15) is 0 Å². The quantitative estimate of drug-likeness (QED) is 0.877. The standard InChI is InChI=1S/C20H27FN2O3/c1-13-18(12-23-9-5-6-14(11-23)20(2,3)24)22-19(26-13)16-10-15(25-4)7-8-17(16)21/h7-8,10,14,24H,5-6,9,11-12H2,1-4H3/t14-/m1/s1. The molecule has 1 aliphatic heterocycles. The van der Waals surface area contributed by atoms with E-state index in [-0.39, 0.29) is 11.8 Å². The Labute approximate surface area is 153 Å². The number of aryl methyl sites for hydroxylation is 1. The second kappa shape index (κ2) is 7.37. The first-order valence-corrected chi connectivity index (χ1v) is 9.03. The monoisotopic (exact) mass is 362 g/mol. The lowest BCUT2D eigenvalue weighted by Gasteiger charge is -2.38. The van der Waals surface area contributed by atoms with Crippen molar-refractivity contribution < 1.29 is 18.7 Å². The van der Waals surface area contributed by atoms with Crippen molar-refractivity contribution in [1.29, 1.82) is 0 Å². The summed E-state index contributed by atoms with van der Waals surface area (Å²) in [4.78, 5) is 6.81. The molecule has 26 heavy (non-hydrogen) atoms. The fourth-order valence-corrected chi connectivity index (χ4v) is 3.47. The van der Waals surface area contributed by atoms with Crippen LogP contribution in [0.3, 0.4) is 0 Å². The van der Waals surface area contributed by atoms with Crippen LogP contribution in [0.5, 0.6) is 5.75 Å². The molecule has 1 aliphatic rings. The molecule has 2 aromatic rings. The van der Waals surface area contributed by atoms with Crippen molar-refractivity contribution in [3.05, 3.63) is 35.5 Å². The number of halogens is 1. The third-order valence-corrected chi connectivity index (χ3v) is 5.17. The summed E-state index contributed by atoms with van der Waals surface area (Å²) in [6, 6.07) is 4.52. The van der Waals surface area contributed by atoms with E-state index in [0.29, 0.717) is 23.6 Å². The van der Waals surface area contributed by atoms with Crippen LogP contribution in [0.25, 0.3) is 11.5 Å². The van der Waals surface area contributed by atoms with Crippen LogP contribution in [0.15, 0.2) is 22.6 Å². The molecule has 0 bridgehead atoms. The summed E-state index contributed by atoms with van der Waals surface area (Å²) in [5, 5.41) is 10.3. The minimum absolute atomic E-state index is 0.235. The molecule has 6 heteroatoms. The van der Waals surface area contributed by atoms with Crippen LogP contribution in [0.2, 0.25) is 0 Å². The van der Waals surface area contributed by atoms with Crippen LogP contribution >= 0.6 is 0 Å². The number of oxazole rings is 1. The van der Waals surface area contributed by atoms with Crippen LogP contribution in [0.1, 0.15) is 38.1 Å². The number of rotatable bonds is 5. The van der Waals surface area contributed by atoms with E-state index < -0.39 is 11.4 Å². The summed E-state index contributed by atoms with van der Waals surface area (Å²) in [5.41, 5.74) is 0.414. The molecule has 0 amide bonds. The van der Waals surface area contributed by atoms with Crippen LogP contribution in [-0.2, 0) is 6.54 Å². The zero-order valence-corrected chi connectivity index (χ0v) is 15.9. The Kier molecular flexibility index (Phi) is 5.34. The van der Waals surface area contributed by atoms with Crippen molar-refractivity contribution in [3.8, 4) is 17.2 Å². The summed E-state index contributed by atoms with van der Waals surface area (Å²) in [6.07, 6.45) is 2.07. The highest BCUT2D eigenvalue weighted by atomic mass is 19.1. The molecule has 0 saturated carbocycles. The maximum absolute atomic E-state index is 14.2. The molecule has 1 fully saturated rings. The predicted molar refractivity (Wildman–Crippen MR) is 97.5 cm³/mol. The summed E-state index contributed by atoms with van der Waals surface area (Å²) in [7, 11) is 1.54. The number of nitrogens with zero attached hydrogens (tertiary/aromatic N) is 2. The second-order valence-electron chi connectivity index (χ2n) is 7.60. The van der Waals surface area contributed by atoms with Gasteiger partial charge in [-0.05, 0) is 64.3 Å². The Morgan fingerprint density at radius 3 is 2.88 bits per heavy atom. The first-order chi connectivity index (χ1) is 12.3. The highest BCUT2D eigenvalue weighted by Crippen LogP contribution is 2.30. The van der Waals surface area contributed by atoms with Crippen LogP contribution in [0, 0.1) is 18.7 Å². The normalized spacial score (nSPS) is 18.9. The molecule has 142 valence electrons. The van der Waals surface area contributed by atoms with Gasteiger partial charge < -0.3 is 14.3 Å². The van der Waals surface area contributed by atoms with E-state index in [1.807, 2.05) is 20.8 Å². The van der Waals surface area contributed by atoms with Gasteiger partial charge in [0.2, 0.25) is 5.89 Å². The fourth-order valence-electron chi connectivity index (χ4n) is 3.47. The van der Waals surface area contributed by atoms with Gasteiger partial charge in [0.25, 0.3) is 0 Å². The van der Waals surface area contributed by atoms with Gasteiger partial charge in [0.1, 0.15) is 17.3 Å². The van der Waals surface area contributed by atoms with Crippen LogP contribution < -0.4 is 4.74 Å². The number of ether oxygens (including phenoxy) is 1. The number of aromatic nitrogens is 1. The minimum atomic E-state index is -0.688. The van der Waals surface area contributed by atoms with Crippen molar-refractivity contribution in [3.63, 3.8) is 0 Å². The van der Waals surface area contributed by atoms with Gasteiger partial charge in [-0.15, -0.1) is 0 Å². The van der Waals surface area contributed by atoms with Crippen molar-refractivity contribution in [2.75, 3.05) is 20.2 Å². The van der Waals surface area contributed by atoms with Gasteiger partial charge in [0, 0.05) is 13.1 Å². The van der Waals surface area contributed by atoms with Gasteiger partial charge in [0.15, 0.2) is 0 Å². The number of methoxy groups -OCH3 is 1. The molecule has 0 radical (unpaired) electrons. The Balaban J connectivity index is 1.79. The highest BCUT2D eigenvalue weighted by molar-refractivity contribution is 5.57. The first kappa shape index (κ1) is 18.9. The van der Waals surface area contributed by atoms with Gasteiger partial charge in [0.05, 0.1) is 24.0 Å². The Morgan fingerprint density at radius 2 is 2.19 bits per heavy atom. The number of benzene rings is 1. The second-order valence-corrected chi connectivity index (χ2v) is 7.60. The summed E-state index contributed by atoms with van der Waals surface area (Å²) in [6.45, 7) is 7.99. The van der Waals surface area contributed by atoms with Crippen molar-refractivity contribution >= 4 is 0 Å². The molecular formula is C20H27FN2O3. The van der Waals surface area contributed by atoms with Gasteiger partial charge in [-0.1, -0.05) is 0 Å². The average molecular weight is 362 g/mol. The first-order valence-electron chi connectivity index (χ1n) is 9.03. The van der Waals surface area contributed by atoms with E-state index in [1.165, 1.54) is 6.07 Å². The van der Waals surface area contributed by atoms with Gasteiger partial charge >= 0.3 is 0 Å². The maximum Gasteiger partial charge on any atom is 0.229 e. The fraction of sp³-hybridized carbons (Fsp3) is 0.550. The SMILES string of the molecule is COc1ccc(F)c(-c2nc(CN3CCC[C@@H](C(C)(C)O)C3)c(C)o2)c1. The Bertz CT molecular complexity index is 767. The van der Waals surface area contributed by atoms with Crippen molar-refractivity contribution in [2.24, 2.45) is 5.92 Å². The average Bonchev–Trinajstić information content (AvgIpc) is 2.95. The third-order valence-electron chi connectivity index (χ3n) is 5.17. The number of aliphatic hydroxyl groups is 1. The topological polar surface area (TPSA) is 58.7 Å². The largest absolute Gasteiger partial charge is 0.497 e. The summed E-state index contributed by atoms with van der Waals surface area (Å²) in [5.74, 6) is 1.36. The maximum atomic E-state index is 14.2. The zero-order chi connectivity index (χ0) is 18.9. The molecule has 0 aliphatic carbocycles. The molecule has 1 aromatic carbocycles. The minimum Gasteiger partial charge on any atom is -0.497 e. The zero-order valence-electron chi connectivity index (χ0n) is 15.9. The molecule has 3 rings (SSSR count). The lowest BCUT2D eigenvalue weighted by Crippen LogP contribution is -2.44. The lowest BCUT2D eigenvalue weighted by molar-refractivity contribution is -0.0200. The Morgan fingerprint density at radius 1 is 1.42 bits per heavy atom. The van der Waals surface area contributed by atoms with Crippen LogP contribution in [0.4, 0.5) is 4.39 Å². The van der Waals surface area contributed by atoms with Crippen LogP contribution in [-0.4, -0.2) is 40.8 Å².